The van der Waals surface area contributed by atoms with E-state index in [9.17, 15) is 4.79 Å². The molecule has 0 aromatic heterocycles. The van der Waals surface area contributed by atoms with Crippen LogP contribution in [0, 0.1) is 11.8 Å². The number of rotatable bonds is 5. The van der Waals surface area contributed by atoms with Crippen LogP contribution in [0.3, 0.4) is 0 Å². The Hall–Kier alpha value is -0.610. The van der Waals surface area contributed by atoms with E-state index in [1.165, 1.54) is 19.4 Å². The molecule has 1 heterocycles. The lowest BCUT2D eigenvalue weighted by Crippen LogP contribution is -2.43. The van der Waals surface area contributed by atoms with Crippen molar-refractivity contribution in [1.29, 1.82) is 0 Å². The smallest absolute Gasteiger partial charge is 0.225 e. The first-order valence-corrected chi connectivity index (χ1v) is 8.34. The lowest BCUT2D eigenvalue weighted by molar-refractivity contribution is -0.136. The highest BCUT2D eigenvalue weighted by atomic mass is 16.2. The van der Waals surface area contributed by atoms with Gasteiger partial charge in [0, 0.05) is 25.6 Å². The van der Waals surface area contributed by atoms with Crippen LogP contribution in [0.25, 0.3) is 0 Å². The van der Waals surface area contributed by atoms with Crippen LogP contribution >= 0.6 is 0 Å². The van der Waals surface area contributed by atoms with Crippen molar-refractivity contribution in [1.82, 2.24) is 9.80 Å². The van der Waals surface area contributed by atoms with Crippen LogP contribution < -0.4 is 5.73 Å². The molecule has 2 rings (SSSR count). The first kappa shape index (κ1) is 15.8. The van der Waals surface area contributed by atoms with Gasteiger partial charge in [0.2, 0.25) is 5.91 Å². The van der Waals surface area contributed by atoms with Crippen molar-refractivity contribution in [2.24, 2.45) is 17.6 Å². The highest BCUT2D eigenvalue weighted by Crippen LogP contribution is 2.29. The minimum absolute atomic E-state index is 0.249. The molecule has 0 aromatic carbocycles. The van der Waals surface area contributed by atoms with Gasteiger partial charge in [-0.2, -0.15) is 0 Å². The summed E-state index contributed by atoms with van der Waals surface area (Å²) in [5.41, 5.74) is 5.72. The Morgan fingerprint density at radius 2 is 1.95 bits per heavy atom. The Kier molecular flexibility index (Phi) is 5.85. The fourth-order valence-corrected chi connectivity index (χ4v) is 3.88. The van der Waals surface area contributed by atoms with Gasteiger partial charge >= 0.3 is 0 Å². The first-order valence-electron chi connectivity index (χ1n) is 8.34. The van der Waals surface area contributed by atoms with E-state index in [1.54, 1.807) is 0 Å². The van der Waals surface area contributed by atoms with Crippen molar-refractivity contribution in [3.63, 3.8) is 0 Å². The summed E-state index contributed by atoms with van der Waals surface area (Å²) < 4.78 is 0. The van der Waals surface area contributed by atoms with E-state index >= 15 is 0 Å². The van der Waals surface area contributed by atoms with Crippen molar-refractivity contribution in [2.45, 2.75) is 51.5 Å². The maximum atomic E-state index is 12.6. The molecule has 1 saturated heterocycles. The number of hydrogen-bond acceptors (Lipinski definition) is 3. The van der Waals surface area contributed by atoms with Gasteiger partial charge in [0.25, 0.3) is 0 Å². The van der Waals surface area contributed by atoms with Crippen LogP contribution in [-0.2, 0) is 4.79 Å². The van der Waals surface area contributed by atoms with Crippen molar-refractivity contribution in [3.05, 3.63) is 0 Å². The van der Waals surface area contributed by atoms with E-state index in [0.29, 0.717) is 17.9 Å². The van der Waals surface area contributed by atoms with Crippen LogP contribution in [0.5, 0.6) is 0 Å². The summed E-state index contributed by atoms with van der Waals surface area (Å²) in [6.07, 6.45) is 6.85. The average Bonchev–Trinajstić information content (AvgIpc) is 2.93. The summed E-state index contributed by atoms with van der Waals surface area (Å²) >= 11 is 0. The van der Waals surface area contributed by atoms with Crippen LogP contribution in [0.4, 0.5) is 0 Å². The Labute approximate surface area is 123 Å². The molecule has 20 heavy (non-hydrogen) atoms. The van der Waals surface area contributed by atoms with Gasteiger partial charge < -0.3 is 10.6 Å². The zero-order valence-electron chi connectivity index (χ0n) is 13.2. The second-order valence-corrected chi connectivity index (χ2v) is 6.60. The third kappa shape index (κ3) is 3.73. The minimum Gasteiger partial charge on any atom is -0.344 e. The molecule has 116 valence electrons. The predicted octanol–water partition coefficient (Wildman–Crippen LogP) is 1.69. The van der Waals surface area contributed by atoms with Gasteiger partial charge in [-0.3, -0.25) is 9.69 Å². The van der Waals surface area contributed by atoms with Crippen LogP contribution in [0.1, 0.15) is 45.4 Å². The normalized spacial score (nSPS) is 31.4. The second kappa shape index (κ2) is 7.41. The van der Waals surface area contributed by atoms with Crippen molar-refractivity contribution in [2.75, 3.05) is 33.2 Å². The number of likely N-dealkylation sites (tertiary alicyclic amines) is 1. The molecule has 1 aliphatic carbocycles. The molecule has 0 bridgehead atoms. The molecule has 1 amide bonds. The molecule has 1 aliphatic heterocycles. The number of hydrogen-bond donors (Lipinski definition) is 1. The second-order valence-electron chi connectivity index (χ2n) is 6.60. The van der Waals surface area contributed by atoms with E-state index in [0.717, 1.165) is 45.3 Å². The standard InChI is InChI=1S/C16H31N3O/c1-3-19-10-4-5-15(19)12-18(2)16(20)14-8-6-13(11-17)7-9-14/h13-15H,3-12,17H2,1-2H3. The average molecular weight is 281 g/mol. The molecule has 0 aromatic rings. The van der Waals surface area contributed by atoms with E-state index in [1.807, 2.05) is 11.9 Å². The number of nitrogens with two attached hydrogens (primary N) is 1. The van der Waals surface area contributed by atoms with Crippen molar-refractivity contribution < 1.29 is 4.79 Å². The largest absolute Gasteiger partial charge is 0.344 e. The molecular weight excluding hydrogens is 250 g/mol. The molecule has 4 heteroatoms. The fourth-order valence-electron chi connectivity index (χ4n) is 3.88. The molecule has 2 aliphatic rings. The van der Waals surface area contributed by atoms with Gasteiger partial charge in [0.1, 0.15) is 0 Å². The van der Waals surface area contributed by atoms with E-state index in [2.05, 4.69) is 11.8 Å². The Bertz CT molecular complexity index is 313. The zero-order valence-corrected chi connectivity index (χ0v) is 13.2. The number of carbonyl (C=O) groups excluding carboxylic acids is 1. The maximum Gasteiger partial charge on any atom is 0.225 e. The van der Waals surface area contributed by atoms with Gasteiger partial charge in [-0.15, -0.1) is 0 Å². The summed E-state index contributed by atoms with van der Waals surface area (Å²) in [4.78, 5) is 17.1. The zero-order chi connectivity index (χ0) is 14.5. The quantitative estimate of drug-likeness (QED) is 0.834. The third-order valence-electron chi connectivity index (χ3n) is 5.30. The van der Waals surface area contributed by atoms with Crippen LogP contribution in [0.15, 0.2) is 0 Å². The van der Waals surface area contributed by atoms with Gasteiger partial charge in [0.15, 0.2) is 0 Å². The summed E-state index contributed by atoms with van der Waals surface area (Å²) in [5.74, 6) is 1.26. The molecule has 1 atom stereocenters. The lowest BCUT2D eigenvalue weighted by Gasteiger charge is -2.32. The van der Waals surface area contributed by atoms with Gasteiger partial charge in [-0.1, -0.05) is 6.92 Å². The van der Waals surface area contributed by atoms with Gasteiger partial charge in [-0.25, -0.2) is 0 Å². The monoisotopic (exact) mass is 281 g/mol. The highest BCUT2D eigenvalue weighted by molar-refractivity contribution is 5.78. The maximum absolute atomic E-state index is 12.6. The summed E-state index contributed by atoms with van der Waals surface area (Å²) in [7, 11) is 1.99. The van der Waals surface area contributed by atoms with Crippen LogP contribution in [-0.4, -0.2) is 55.0 Å². The predicted molar refractivity (Wildman–Crippen MR) is 82.4 cm³/mol. The SMILES string of the molecule is CCN1CCCC1CN(C)C(=O)C1CCC(CN)CC1. The summed E-state index contributed by atoms with van der Waals surface area (Å²) in [5, 5.41) is 0. The third-order valence-corrected chi connectivity index (χ3v) is 5.30. The number of nitrogens with zero attached hydrogens (tertiary/aromatic N) is 2. The molecule has 0 radical (unpaired) electrons. The van der Waals surface area contributed by atoms with Gasteiger partial charge in [-0.05, 0) is 64.1 Å². The molecule has 2 fully saturated rings. The minimum atomic E-state index is 0.249. The van der Waals surface area contributed by atoms with Gasteiger partial charge in [0.05, 0.1) is 0 Å². The molecule has 4 nitrogen and oxygen atoms in total. The van der Waals surface area contributed by atoms with E-state index in [4.69, 9.17) is 5.73 Å². The van der Waals surface area contributed by atoms with Crippen molar-refractivity contribution in [3.8, 4) is 0 Å². The molecule has 1 unspecified atom stereocenters. The van der Waals surface area contributed by atoms with Crippen molar-refractivity contribution >= 4 is 5.91 Å². The number of carbonyl (C=O) groups is 1. The van der Waals surface area contributed by atoms with Crippen LogP contribution in [0.2, 0.25) is 0 Å². The van der Waals surface area contributed by atoms with E-state index < -0.39 is 0 Å². The molecule has 1 saturated carbocycles. The Balaban J connectivity index is 1.80. The Morgan fingerprint density at radius 3 is 2.55 bits per heavy atom. The molecule has 2 N–H and O–H groups in total. The topological polar surface area (TPSA) is 49.6 Å². The lowest BCUT2D eigenvalue weighted by atomic mass is 9.81. The molecular formula is C16H31N3O. The number of amides is 1. The first-order chi connectivity index (χ1) is 9.65. The Morgan fingerprint density at radius 1 is 1.25 bits per heavy atom. The van der Waals surface area contributed by atoms with E-state index in [-0.39, 0.29) is 5.92 Å². The summed E-state index contributed by atoms with van der Waals surface area (Å²) in [6.45, 7) is 6.21. The molecule has 0 spiro atoms. The fraction of sp³-hybridized carbons (Fsp3) is 0.938. The number of likely N-dealkylation sites (N-methyl/N-ethyl adjacent to an activating group) is 2. The highest BCUT2D eigenvalue weighted by Gasteiger charge is 2.30. The summed E-state index contributed by atoms with van der Waals surface area (Å²) in [6, 6.07) is 0.578.